The summed E-state index contributed by atoms with van der Waals surface area (Å²) in [6, 6.07) is 22.6. The summed E-state index contributed by atoms with van der Waals surface area (Å²) < 4.78 is 5.21. The summed E-state index contributed by atoms with van der Waals surface area (Å²) >= 11 is 1.23. The van der Waals surface area contributed by atoms with Crippen LogP contribution in [0.15, 0.2) is 83.5 Å². The SMILES string of the molecule is COc1ccc(/C=C2\N=C(SCC(=O)Nc3ccccc3)N(c3cc(C)cc(C)c3)C2=O)cc1. The van der Waals surface area contributed by atoms with E-state index in [2.05, 4.69) is 16.4 Å². The zero-order valence-electron chi connectivity index (χ0n) is 19.2. The van der Waals surface area contributed by atoms with Crippen LogP contribution in [0, 0.1) is 13.8 Å². The maximum Gasteiger partial charge on any atom is 0.283 e. The summed E-state index contributed by atoms with van der Waals surface area (Å²) in [7, 11) is 1.61. The minimum atomic E-state index is -0.230. The summed E-state index contributed by atoms with van der Waals surface area (Å²) in [5.74, 6) is 0.463. The van der Waals surface area contributed by atoms with Crippen LogP contribution in [0.5, 0.6) is 5.75 Å². The van der Waals surface area contributed by atoms with Gasteiger partial charge in [-0.25, -0.2) is 4.99 Å². The summed E-state index contributed by atoms with van der Waals surface area (Å²) in [5, 5.41) is 3.34. The molecule has 0 atom stereocenters. The molecule has 0 aromatic heterocycles. The number of aliphatic imine (C=N–C) groups is 1. The molecule has 34 heavy (non-hydrogen) atoms. The molecular weight excluding hydrogens is 446 g/mol. The number of nitrogens with zero attached hydrogens (tertiary/aromatic N) is 2. The molecule has 0 saturated carbocycles. The molecule has 7 heteroatoms. The highest BCUT2D eigenvalue weighted by Crippen LogP contribution is 2.31. The molecule has 3 aromatic carbocycles. The second kappa shape index (κ2) is 10.4. The first-order valence-electron chi connectivity index (χ1n) is 10.8. The monoisotopic (exact) mass is 471 g/mol. The Labute approximate surface area is 203 Å². The highest BCUT2D eigenvalue weighted by atomic mass is 32.2. The van der Waals surface area contributed by atoms with Gasteiger partial charge in [0.1, 0.15) is 11.4 Å². The van der Waals surface area contributed by atoms with Crippen LogP contribution >= 0.6 is 11.8 Å². The lowest BCUT2D eigenvalue weighted by molar-refractivity contribution is -0.114. The van der Waals surface area contributed by atoms with Gasteiger partial charge in [-0.2, -0.15) is 0 Å². The third-order valence-corrected chi connectivity index (χ3v) is 6.04. The topological polar surface area (TPSA) is 71.0 Å². The Balaban J connectivity index is 1.60. The number of hydrogen-bond acceptors (Lipinski definition) is 5. The quantitative estimate of drug-likeness (QED) is 0.487. The highest BCUT2D eigenvalue weighted by Gasteiger charge is 2.32. The molecule has 3 aromatic rings. The summed E-state index contributed by atoms with van der Waals surface area (Å²) in [6.45, 7) is 3.98. The van der Waals surface area contributed by atoms with Gasteiger partial charge < -0.3 is 10.1 Å². The van der Waals surface area contributed by atoms with Crippen molar-refractivity contribution in [3.8, 4) is 5.75 Å². The predicted molar refractivity (Wildman–Crippen MR) is 139 cm³/mol. The van der Waals surface area contributed by atoms with Crippen molar-refractivity contribution in [2.75, 3.05) is 23.1 Å². The number of amides is 2. The van der Waals surface area contributed by atoms with E-state index in [-0.39, 0.29) is 17.6 Å². The summed E-state index contributed by atoms with van der Waals surface area (Å²) in [4.78, 5) is 32.1. The van der Waals surface area contributed by atoms with Crippen molar-refractivity contribution in [3.63, 3.8) is 0 Å². The number of methoxy groups -OCH3 is 1. The van der Waals surface area contributed by atoms with Crippen LogP contribution in [0.1, 0.15) is 16.7 Å². The number of thioether (sulfide) groups is 1. The van der Waals surface area contributed by atoms with Crippen molar-refractivity contribution in [3.05, 3.63) is 95.2 Å². The van der Waals surface area contributed by atoms with Crippen molar-refractivity contribution < 1.29 is 14.3 Å². The molecule has 0 radical (unpaired) electrons. The minimum absolute atomic E-state index is 0.123. The summed E-state index contributed by atoms with van der Waals surface area (Å²) in [5.41, 5.74) is 4.69. The summed E-state index contributed by atoms with van der Waals surface area (Å²) in [6.07, 6.45) is 1.75. The van der Waals surface area contributed by atoms with Crippen molar-refractivity contribution in [2.24, 2.45) is 4.99 Å². The number of para-hydroxylation sites is 1. The van der Waals surface area contributed by atoms with E-state index in [4.69, 9.17) is 4.74 Å². The van der Waals surface area contributed by atoms with E-state index in [1.165, 1.54) is 11.8 Å². The van der Waals surface area contributed by atoms with Gasteiger partial charge in [0.2, 0.25) is 5.91 Å². The van der Waals surface area contributed by atoms with E-state index in [0.717, 1.165) is 33.8 Å². The standard InChI is InChI=1S/C27H25N3O3S/c1-18-13-19(2)15-22(14-18)30-26(32)24(16-20-9-11-23(33-3)12-10-20)29-27(30)34-17-25(31)28-21-7-5-4-6-8-21/h4-16H,17H2,1-3H3,(H,28,31)/b24-16-. The van der Waals surface area contributed by atoms with Crippen LogP contribution in [-0.4, -0.2) is 29.8 Å². The van der Waals surface area contributed by atoms with Gasteiger partial charge in [-0.1, -0.05) is 48.2 Å². The van der Waals surface area contributed by atoms with Crippen LogP contribution in [0.3, 0.4) is 0 Å². The van der Waals surface area contributed by atoms with Gasteiger partial charge in [-0.3, -0.25) is 14.5 Å². The minimum Gasteiger partial charge on any atom is -0.497 e. The molecule has 0 bridgehead atoms. The van der Waals surface area contributed by atoms with Crippen LogP contribution < -0.4 is 15.0 Å². The van der Waals surface area contributed by atoms with Gasteiger partial charge >= 0.3 is 0 Å². The second-order valence-electron chi connectivity index (χ2n) is 7.89. The number of benzene rings is 3. The molecule has 1 aliphatic heterocycles. The molecular formula is C27H25N3O3S. The number of anilines is 2. The molecule has 0 saturated heterocycles. The Morgan fingerprint density at radius 2 is 1.71 bits per heavy atom. The van der Waals surface area contributed by atoms with E-state index in [1.54, 1.807) is 18.1 Å². The number of rotatable bonds is 6. The zero-order valence-corrected chi connectivity index (χ0v) is 20.1. The van der Waals surface area contributed by atoms with Crippen LogP contribution in [0.2, 0.25) is 0 Å². The second-order valence-corrected chi connectivity index (χ2v) is 8.83. The van der Waals surface area contributed by atoms with Crippen molar-refractivity contribution in [1.29, 1.82) is 0 Å². The first-order chi connectivity index (χ1) is 16.4. The number of aryl methyl sites for hydroxylation is 2. The molecule has 1 aliphatic rings. The normalized spacial score (nSPS) is 14.3. The fourth-order valence-electron chi connectivity index (χ4n) is 3.61. The van der Waals surface area contributed by atoms with E-state index < -0.39 is 0 Å². The van der Waals surface area contributed by atoms with Crippen LogP contribution in [0.4, 0.5) is 11.4 Å². The Hall–Kier alpha value is -3.84. The number of amidine groups is 1. The lowest BCUT2D eigenvalue weighted by Crippen LogP contribution is -2.31. The fraction of sp³-hybridized carbons (Fsp3) is 0.148. The molecule has 1 N–H and O–H groups in total. The number of nitrogens with one attached hydrogen (secondary N) is 1. The maximum absolute atomic E-state index is 13.4. The Morgan fingerprint density at radius 3 is 2.35 bits per heavy atom. The third kappa shape index (κ3) is 5.55. The van der Waals surface area contributed by atoms with Crippen LogP contribution in [0.25, 0.3) is 6.08 Å². The lowest BCUT2D eigenvalue weighted by Gasteiger charge is -2.19. The van der Waals surface area contributed by atoms with Gasteiger partial charge in [0.25, 0.3) is 5.91 Å². The number of carbonyl (C=O) groups is 2. The number of hydrogen-bond donors (Lipinski definition) is 1. The maximum atomic E-state index is 13.4. The van der Waals surface area contributed by atoms with Gasteiger partial charge in [0.05, 0.1) is 18.6 Å². The van der Waals surface area contributed by atoms with Gasteiger partial charge in [-0.05, 0) is 73.0 Å². The molecule has 4 rings (SSSR count). The smallest absolute Gasteiger partial charge is 0.283 e. The molecule has 0 fully saturated rings. The van der Waals surface area contributed by atoms with Crippen molar-refractivity contribution in [1.82, 2.24) is 0 Å². The first-order valence-corrected chi connectivity index (χ1v) is 11.8. The molecule has 6 nitrogen and oxygen atoms in total. The van der Waals surface area contributed by atoms with Crippen molar-refractivity contribution in [2.45, 2.75) is 13.8 Å². The highest BCUT2D eigenvalue weighted by molar-refractivity contribution is 8.14. The van der Waals surface area contributed by atoms with E-state index in [9.17, 15) is 9.59 Å². The van der Waals surface area contributed by atoms with Gasteiger partial charge in [-0.15, -0.1) is 0 Å². The van der Waals surface area contributed by atoms with E-state index >= 15 is 0 Å². The Bertz CT molecular complexity index is 1250. The van der Waals surface area contributed by atoms with E-state index in [0.29, 0.717) is 10.9 Å². The largest absolute Gasteiger partial charge is 0.497 e. The predicted octanol–water partition coefficient (Wildman–Crippen LogP) is 5.43. The molecule has 2 amide bonds. The molecule has 1 heterocycles. The molecule has 0 spiro atoms. The molecule has 0 unspecified atom stereocenters. The van der Waals surface area contributed by atoms with Gasteiger partial charge in [0, 0.05) is 5.69 Å². The average molecular weight is 472 g/mol. The zero-order chi connectivity index (χ0) is 24.1. The number of carbonyl (C=O) groups excluding carboxylic acids is 2. The van der Waals surface area contributed by atoms with Crippen molar-refractivity contribution >= 4 is 46.2 Å². The van der Waals surface area contributed by atoms with E-state index in [1.807, 2.05) is 80.6 Å². The average Bonchev–Trinajstić information content (AvgIpc) is 3.13. The van der Waals surface area contributed by atoms with Gasteiger partial charge in [0.15, 0.2) is 5.17 Å². The molecule has 172 valence electrons. The molecule has 0 aliphatic carbocycles. The Kier molecular flexibility index (Phi) is 7.13. The third-order valence-electron chi connectivity index (χ3n) is 5.10. The Morgan fingerprint density at radius 1 is 1.03 bits per heavy atom. The first kappa shape index (κ1) is 23.3. The lowest BCUT2D eigenvalue weighted by atomic mass is 10.1. The number of ether oxygens (including phenoxy) is 1. The fourth-order valence-corrected chi connectivity index (χ4v) is 4.42. The van der Waals surface area contributed by atoms with Crippen LogP contribution in [-0.2, 0) is 9.59 Å².